The van der Waals surface area contributed by atoms with Crippen LogP contribution in [0.25, 0.3) is 10.2 Å². The summed E-state index contributed by atoms with van der Waals surface area (Å²) in [6.45, 7) is 2.14. The number of carbonyl (C=O) groups is 2. The fourth-order valence-corrected chi connectivity index (χ4v) is 5.01. The highest BCUT2D eigenvalue weighted by Crippen LogP contribution is 2.34. The van der Waals surface area contributed by atoms with Crippen molar-refractivity contribution in [1.29, 1.82) is 0 Å². The third-order valence-electron chi connectivity index (χ3n) is 5.30. The zero-order chi connectivity index (χ0) is 20.4. The number of rotatable bonds is 7. The summed E-state index contributed by atoms with van der Waals surface area (Å²) in [5, 5.41) is 3.47. The Kier molecular flexibility index (Phi) is 5.58. The van der Waals surface area contributed by atoms with Crippen LogP contribution < -0.4 is 10.9 Å². The fraction of sp³-hybridized carbons (Fsp3) is 0.364. The summed E-state index contributed by atoms with van der Waals surface area (Å²) >= 11 is 1.60. The summed E-state index contributed by atoms with van der Waals surface area (Å²) in [6, 6.07) is 7.46. The van der Waals surface area contributed by atoms with E-state index in [1.54, 1.807) is 23.5 Å². The van der Waals surface area contributed by atoms with E-state index < -0.39 is 0 Å². The van der Waals surface area contributed by atoms with Crippen molar-refractivity contribution in [3.63, 3.8) is 0 Å². The lowest BCUT2D eigenvalue weighted by atomic mass is 10.0. The van der Waals surface area contributed by atoms with Crippen LogP contribution in [0, 0.1) is 0 Å². The second-order valence-electron chi connectivity index (χ2n) is 7.42. The smallest absolute Gasteiger partial charge is 0.262 e. The Morgan fingerprint density at radius 3 is 2.76 bits per heavy atom. The normalized spacial score (nSPS) is 12.9. The van der Waals surface area contributed by atoms with E-state index in [4.69, 9.17) is 0 Å². The molecule has 3 aromatic rings. The first-order valence-electron chi connectivity index (χ1n) is 9.89. The van der Waals surface area contributed by atoms with Crippen molar-refractivity contribution in [1.82, 2.24) is 14.9 Å². The van der Waals surface area contributed by atoms with Crippen LogP contribution in [-0.2, 0) is 30.6 Å². The van der Waals surface area contributed by atoms with Gasteiger partial charge in [0, 0.05) is 23.9 Å². The number of hydrogen-bond acceptors (Lipinski definition) is 5. The average molecular weight is 410 g/mol. The molecular weight excluding hydrogens is 386 g/mol. The fourth-order valence-electron chi connectivity index (χ4n) is 3.79. The molecule has 4 rings (SSSR count). The Bertz CT molecular complexity index is 1130. The van der Waals surface area contributed by atoms with Crippen molar-refractivity contribution in [2.24, 2.45) is 0 Å². The molecule has 0 spiro atoms. The van der Waals surface area contributed by atoms with Gasteiger partial charge in [0.2, 0.25) is 5.91 Å². The first-order valence-corrected chi connectivity index (χ1v) is 10.7. The Morgan fingerprint density at radius 2 is 2.00 bits per heavy atom. The van der Waals surface area contributed by atoms with Crippen molar-refractivity contribution in [2.75, 3.05) is 6.54 Å². The maximum absolute atomic E-state index is 12.9. The number of aromatic nitrogens is 2. The van der Waals surface area contributed by atoms with E-state index in [-0.39, 0.29) is 23.8 Å². The van der Waals surface area contributed by atoms with Crippen molar-refractivity contribution in [3.8, 4) is 0 Å². The highest BCUT2D eigenvalue weighted by Gasteiger charge is 2.21. The number of nitrogens with one attached hydrogen (secondary N) is 1. The molecule has 0 bridgehead atoms. The Morgan fingerprint density at radius 1 is 1.21 bits per heavy atom. The lowest BCUT2D eigenvalue weighted by Gasteiger charge is -2.07. The van der Waals surface area contributed by atoms with Crippen molar-refractivity contribution in [3.05, 3.63) is 62.5 Å². The van der Waals surface area contributed by atoms with Gasteiger partial charge >= 0.3 is 0 Å². The van der Waals surface area contributed by atoms with E-state index >= 15 is 0 Å². The topological polar surface area (TPSA) is 81.1 Å². The summed E-state index contributed by atoms with van der Waals surface area (Å²) in [5.74, 6) is -0.133. The number of thiophene rings is 1. The maximum atomic E-state index is 12.9. The molecule has 0 atom stereocenters. The van der Waals surface area contributed by atoms with E-state index in [1.807, 2.05) is 12.1 Å². The molecule has 6 nitrogen and oxygen atoms in total. The standard InChI is InChI=1S/C22H23N3O3S/c1-14(26)23-11-3-4-15-7-9-16(10-8-15)18(27)12-25-13-24-21-20(22(25)28)17-5-2-6-19(17)29-21/h7-10,13H,2-6,11-12H2,1H3,(H,23,26). The number of Topliss-reactive ketones (excluding diaryl/α,β-unsaturated/α-hetero) is 1. The van der Waals surface area contributed by atoms with Crippen LogP contribution in [-0.4, -0.2) is 27.8 Å². The summed E-state index contributed by atoms with van der Waals surface area (Å²) in [4.78, 5) is 43.0. The summed E-state index contributed by atoms with van der Waals surface area (Å²) in [7, 11) is 0. The minimum atomic E-state index is -0.114. The molecule has 0 fully saturated rings. The number of amides is 1. The van der Waals surface area contributed by atoms with Gasteiger partial charge in [0.15, 0.2) is 5.78 Å². The second-order valence-corrected chi connectivity index (χ2v) is 8.51. The van der Waals surface area contributed by atoms with Gasteiger partial charge in [0.05, 0.1) is 18.3 Å². The molecule has 2 heterocycles. The average Bonchev–Trinajstić information content (AvgIpc) is 3.29. The van der Waals surface area contributed by atoms with Crippen molar-refractivity contribution >= 4 is 33.2 Å². The number of carbonyl (C=O) groups excluding carboxylic acids is 2. The Hall–Kier alpha value is -2.80. The van der Waals surface area contributed by atoms with Crippen LogP contribution in [0.3, 0.4) is 0 Å². The SMILES string of the molecule is CC(=O)NCCCc1ccc(C(=O)Cn2cnc3sc4c(c3c2=O)CCC4)cc1. The molecule has 1 aliphatic rings. The largest absolute Gasteiger partial charge is 0.356 e. The quantitative estimate of drug-likeness (QED) is 0.481. The third kappa shape index (κ3) is 4.15. The van der Waals surface area contributed by atoms with Gasteiger partial charge in [-0.15, -0.1) is 11.3 Å². The summed E-state index contributed by atoms with van der Waals surface area (Å²) in [5.41, 5.74) is 2.71. The first kappa shape index (κ1) is 19.5. The van der Waals surface area contributed by atoms with Crippen LogP contribution in [0.15, 0.2) is 35.4 Å². The molecule has 1 aliphatic carbocycles. The number of aryl methyl sites for hydroxylation is 3. The lowest BCUT2D eigenvalue weighted by Crippen LogP contribution is -2.24. The van der Waals surface area contributed by atoms with Gasteiger partial charge in [-0.1, -0.05) is 24.3 Å². The van der Waals surface area contributed by atoms with E-state index in [0.717, 1.165) is 48.1 Å². The van der Waals surface area contributed by atoms with Gasteiger partial charge in [-0.2, -0.15) is 0 Å². The van der Waals surface area contributed by atoms with E-state index in [2.05, 4.69) is 10.3 Å². The molecule has 0 saturated heterocycles. The van der Waals surface area contributed by atoms with Gasteiger partial charge < -0.3 is 5.32 Å². The van der Waals surface area contributed by atoms with Crippen LogP contribution in [0.2, 0.25) is 0 Å². The van der Waals surface area contributed by atoms with Gasteiger partial charge in [-0.05, 0) is 43.2 Å². The van der Waals surface area contributed by atoms with E-state index in [1.165, 1.54) is 22.7 Å². The zero-order valence-corrected chi connectivity index (χ0v) is 17.2. The number of ketones is 1. The first-order chi connectivity index (χ1) is 14.0. The van der Waals surface area contributed by atoms with Gasteiger partial charge in [-0.25, -0.2) is 4.98 Å². The predicted molar refractivity (Wildman–Crippen MR) is 114 cm³/mol. The molecule has 0 aliphatic heterocycles. The van der Waals surface area contributed by atoms with Crippen LogP contribution >= 0.6 is 11.3 Å². The highest BCUT2D eigenvalue weighted by atomic mass is 32.1. The van der Waals surface area contributed by atoms with Gasteiger partial charge in [-0.3, -0.25) is 19.0 Å². The number of nitrogens with zero attached hydrogens (tertiary/aromatic N) is 2. The summed E-state index contributed by atoms with van der Waals surface area (Å²) < 4.78 is 1.43. The van der Waals surface area contributed by atoms with Crippen LogP contribution in [0.4, 0.5) is 0 Å². The van der Waals surface area contributed by atoms with E-state index in [9.17, 15) is 14.4 Å². The third-order valence-corrected chi connectivity index (χ3v) is 6.50. The molecule has 0 unspecified atom stereocenters. The second kappa shape index (κ2) is 8.29. The minimum absolute atomic E-state index is 0.00568. The van der Waals surface area contributed by atoms with Crippen LogP contribution in [0.5, 0.6) is 0 Å². The lowest BCUT2D eigenvalue weighted by molar-refractivity contribution is -0.118. The molecule has 0 saturated carbocycles. The summed E-state index contributed by atoms with van der Waals surface area (Å²) in [6.07, 6.45) is 6.20. The molecular formula is C22H23N3O3S. The molecule has 1 aromatic carbocycles. The Balaban J connectivity index is 1.45. The molecule has 29 heavy (non-hydrogen) atoms. The van der Waals surface area contributed by atoms with E-state index in [0.29, 0.717) is 17.5 Å². The minimum Gasteiger partial charge on any atom is -0.356 e. The predicted octanol–water partition coefficient (Wildman–Crippen LogP) is 2.90. The number of hydrogen-bond donors (Lipinski definition) is 1. The maximum Gasteiger partial charge on any atom is 0.262 e. The van der Waals surface area contributed by atoms with Gasteiger partial charge in [0.25, 0.3) is 5.56 Å². The number of fused-ring (bicyclic) bond motifs is 3. The highest BCUT2D eigenvalue weighted by molar-refractivity contribution is 7.18. The molecule has 7 heteroatoms. The zero-order valence-electron chi connectivity index (χ0n) is 16.4. The molecule has 1 amide bonds. The van der Waals surface area contributed by atoms with Crippen molar-refractivity contribution < 1.29 is 9.59 Å². The molecule has 150 valence electrons. The molecule has 2 aromatic heterocycles. The van der Waals surface area contributed by atoms with Crippen LogP contribution in [0.1, 0.15) is 46.1 Å². The Labute approximate surface area is 172 Å². The number of benzene rings is 1. The monoisotopic (exact) mass is 409 g/mol. The molecule has 0 radical (unpaired) electrons. The van der Waals surface area contributed by atoms with Crippen molar-refractivity contribution in [2.45, 2.75) is 45.6 Å². The molecule has 1 N–H and O–H groups in total. The van der Waals surface area contributed by atoms with Gasteiger partial charge in [0.1, 0.15) is 4.83 Å².